The molecule has 0 bridgehead atoms. The number of thiophene rings is 1. The molecule has 1 aromatic heterocycles. The molecule has 0 radical (unpaired) electrons. The number of nitrogens with zero attached hydrogens (tertiary/aromatic N) is 1. The lowest BCUT2D eigenvalue weighted by molar-refractivity contribution is -0.141. The highest BCUT2D eigenvalue weighted by Crippen LogP contribution is 2.29. The predicted molar refractivity (Wildman–Crippen MR) is 105 cm³/mol. The van der Waals surface area contributed by atoms with Crippen molar-refractivity contribution < 1.29 is 19.1 Å². The molecule has 3 rings (SSSR count). The maximum Gasteiger partial charge on any atom is 0.325 e. The highest BCUT2D eigenvalue weighted by molar-refractivity contribution is 7.13. The molecule has 1 aromatic carbocycles. The Labute approximate surface area is 163 Å². The van der Waals surface area contributed by atoms with Crippen molar-refractivity contribution in [2.75, 3.05) is 26.2 Å². The molecule has 0 saturated carbocycles. The van der Waals surface area contributed by atoms with Crippen LogP contribution in [0.4, 0.5) is 4.79 Å². The summed E-state index contributed by atoms with van der Waals surface area (Å²) in [6.45, 7) is 3.15. The van der Waals surface area contributed by atoms with Crippen molar-refractivity contribution in [2.24, 2.45) is 0 Å². The second kappa shape index (κ2) is 9.41. The average molecular weight is 388 g/mol. The van der Waals surface area contributed by atoms with Gasteiger partial charge in [0.05, 0.1) is 6.61 Å². The summed E-state index contributed by atoms with van der Waals surface area (Å²) in [5.74, 6) is 0.431. The maximum absolute atomic E-state index is 12.1. The number of likely N-dealkylation sites (tertiary alicyclic amines) is 1. The average Bonchev–Trinajstić information content (AvgIpc) is 3.22. The van der Waals surface area contributed by atoms with Crippen LogP contribution in [0.5, 0.6) is 5.75 Å². The third-order valence-corrected chi connectivity index (χ3v) is 5.28. The van der Waals surface area contributed by atoms with Crippen LogP contribution in [0, 0.1) is 0 Å². The number of carbonyl (C=O) groups is 2. The van der Waals surface area contributed by atoms with Gasteiger partial charge >= 0.3 is 12.0 Å². The zero-order valence-electron chi connectivity index (χ0n) is 15.3. The Morgan fingerprint density at radius 1 is 1.22 bits per heavy atom. The largest absolute Gasteiger partial charge is 0.490 e. The van der Waals surface area contributed by atoms with Gasteiger partial charge in [0.2, 0.25) is 0 Å². The summed E-state index contributed by atoms with van der Waals surface area (Å²) in [7, 11) is 0. The molecule has 1 aliphatic heterocycles. The molecule has 2 amide bonds. The summed E-state index contributed by atoms with van der Waals surface area (Å²) in [5, 5.41) is 4.66. The van der Waals surface area contributed by atoms with Crippen molar-refractivity contribution in [1.82, 2.24) is 10.2 Å². The molecule has 0 spiro atoms. The van der Waals surface area contributed by atoms with E-state index < -0.39 is 5.97 Å². The van der Waals surface area contributed by atoms with Crippen LogP contribution < -0.4 is 10.1 Å². The number of amides is 2. The first-order chi connectivity index (χ1) is 13.2. The van der Waals surface area contributed by atoms with E-state index in [4.69, 9.17) is 9.47 Å². The fourth-order valence-electron chi connectivity index (χ4n) is 3.01. The number of hydrogen-bond donors (Lipinski definition) is 1. The Kier molecular flexibility index (Phi) is 6.70. The van der Waals surface area contributed by atoms with Crippen molar-refractivity contribution in [3.05, 3.63) is 41.8 Å². The van der Waals surface area contributed by atoms with Gasteiger partial charge in [-0.25, -0.2) is 4.79 Å². The van der Waals surface area contributed by atoms with Gasteiger partial charge in [-0.2, -0.15) is 0 Å². The van der Waals surface area contributed by atoms with Crippen LogP contribution in [0.15, 0.2) is 41.8 Å². The van der Waals surface area contributed by atoms with Crippen LogP contribution in [-0.2, 0) is 9.53 Å². The van der Waals surface area contributed by atoms with Crippen LogP contribution >= 0.6 is 11.3 Å². The number of ether oxygens (including phenoxy) is 2. The van der Waals surface area contributed by atoms with E-state index in [0.717, 1.165) is 24.2 Å². The van der Waals surface area contributed by atoms with Gasteiger partial charge in [-0.1, -0.05) is 18.2 Å². The van der Waals surface area contributed by atoms with Gasteiger partial charge in [0.1, 0.15) is 18.4 Å². The van der Waals surface area contributed by atoms with E-state index in [1.165, 1.54) is 4.88 Å². The molecule has 0 aliphatic carbocycles. The van der Waals surface area contributed by atoms with E-state index in [1.807, 2.05) is 18.2 Å². The minimum Gasteiger partial charge on any atom is -0.490 e. The minimum atomic E-state index is -0.422. The number of hydrogen-bond acceptors (Lipinski definition) is 5. The van der Waals surface area contributed by atoms with Crippen LogP contribution in [0.3, 0.4) is 0 Å². The highest BCUT2D eigenvalue weighted by atomic mass is 32.1. The molecule has 144 valence electrons. The smallest absolute Gasteiger partial charge is 0.325 e. The van der Waals surface area contributed by atoms with Crippen molar-refractivity contribution >= 4 is 23.3 Å². The molecule has 1 fully saturated rings. The monoisotopic (exact) mass is 388 g/mol. The lowest BCUT2D eigenvalue weighted by Gasteiger charge is -2.32. The number of carbonyl (C=O) groups excluding carboxylic acids is 2. The van der Waals surface area contributed by atoms with Crippen molar-refractivity contribution in [3.63, 3.8) is 0 Å². The van der Waals surface area contributed by atoms with Crippen LogP contribution in [-0.4, -0.2) is 49.2 Å². The third kappa shape index (κ3) is 5.47. The zero-order valence-corrected chi connectivity index (χ0v) is 16.2. The Hall–Kier alpha value is -2.54. The SMILES string of the molecule is CCOC(=O)CNC(=O)N1CCC(Oc2cccc(-c3cccs3)c2)CC1. The lowest BCUT2D eigenvalue weighted by Crippen LogP contribution is -2.47. The molecule has 0 atom stereocenters. The molecule has 6 nitrogen and oxygen atoms in total. The van der Waals surface area contributed by atoms with Gasteiger partial charge in [-0.15, -0.1) is 11.3 Å². The number of rotatable bonds is 6. The normalized spacial score (nSPS) is 14.6. The topological polar surface area (TPSA) is 67.9 Å². The predicted octanol–water partition coefficient (Wildman–Crippen LogP) is 3.53. The number of urea groups is 1. The molecule has 7 heteroatoms. The van der Waals surface area contributed by atoms with E-state index in [2.05, 4.69) is 28.9 Å². The van der Waals surface area contributed by atoms with Gasteiger partial charge in [-0.3, -0.25) is 4.79 Å². The zero-order chi connectivity index (χ0) is 19.1. The van der Waals surface area contributed by atoms with E-state index in [1.54, 1.807) is 23.2 Å². The number of nitrogens with one attached hydrogen (secondary N) is 1. The Balaban J connectivity index is 1.46. The molecule has 1 N–H and O–H groups in total. The van der Waals surface area contributed by atoms with E-state index >= 15 is 0 Å². The Morgan fingerprint density at radius 3 is 2.74 bits per heavy atom. The summed E-state index contributed by atoms with van der Waals surface area (Å²) < 4.78 is 10.9. The van der Waals surface area contributed by atoms with Crippen LogP contribution in [0.2, 0.25) is 0 Å². The second-order valence-electron chi connectivity index (χ2n) is 6.27. The molecular weight excluding hydrogens is 364 g/mol. The quantitative estimate of drug-likeness (QED) is 0.769. The lowest BCUT2D eigenvalue weighted by atomic mass is 10.1. The first-order valence-electron chi connectivity index (χ1n) is 9.14. The van der Waals surface area contributed by atoms with Crippen LogP contribution in [0.25, 0.3) is 10.4 Å². The summed E-state index contributed by atoms with van der Waals surface area (Å²) in [5.41, 5.74) is 1.15. The summed E-state index contributed by atoms with van der Waals surface area (Å²) in [6.07, 6.45) is 1.60. The molecule has 2 heterocycles. The van der Waals surface area contributed by atoms with Crippen molar-refractivity contribution in [3.8, 4) is 16.2 Å². The fraction of sp³-hybridized carbons (Fsp3) is 0.400. The Bertz CT molecular complexity index is 755. The van der Waals surface area contributed by atoms with Crippen LogP contribution in [0.1, 0.15) is 19.8 Å². The van der Waals surface area contributed by atoms with E-state index in [0.29, 0.717) is 19.7 Å². The van der Waals surface area contributed by atoms with Gasteiger partial charge < -0.3 is 19.7 Å². The van der Waals surface area contributed by atoms with Crippen molar-refractivity contribution in [1.29, 1.82) is 0 Å². The molecule has 0 unspecified atom stereocenters. The number of piperidine rings is 1. The van der Waals surface area contributed by atoms with Gasteiger partial charge in [0.15, 0.2) is 0 Å². The van der Waals surface area contributed by atoms with Crippen molar-refractivity contribution in [2.45, 2.75) is 25.9 Å². The maximum atomic E-state index is 12.1. The standard InChI is InChI=1S/C20H24N2O4S/c1-2-25-19(23)14-21-20(24)22-10-8-16(9-11-22)26-17-6-3-5-15(13-17)18-7-4-12-27-18/h3-7,12-13,16H,2,8-11,14H2,1H3,(H,21,24). The summed E-state index contributed by atoms with van der Waals surface area (Å²) >= 11 is 1.70. The molecular formula is C20H24N2O4S. The van der Waals surface area contributed by atoms with Gasteiger partial charge in [0, 0.05) is 30.8 Å². The number of benzene rings is 1. The Morgan fingerprint density at radius 2 is 2.04 bits per heavy atom. The molecule has 2 aromatic rings. The first-order valence-corrected chi connectivity index (χ1v) is 10.0. The van der Waals surface area contributed by atoms with Gasteiger partial charge in [0.25, 0.3) is 0 Å². The van der Waals surface area contributed by atoms with E-state index in [9.17, 15) is 9.59 Å². The minimum absolute atomic E-state index is 0.0812. The third-order valence-electron chi connectivity index (χ3n) is 4.36. The van der Waals surface area contributed by atoms with E-state index in [-0.39, 0.29) is 18.7 Å². The van der Waals surface area contributed by atoms with Gasteiger partial charge in [-0.05, 0) is 36.1 Å². The highest BCUT2D eigenvalue weighted by Gasteiger charge is 2.24. The number of esters is 1. The summed E-state index contributed by atoms with van der Waals surface area (Å²) in [4.78, 5) is 26.4. The molecule has 1 aliphatic rings. The summed E-state index contributed by atoms with van der Waals surface area (Å²) in [6, 6.07) is 12.0. The fourth-order valence-corrected chi connectivity index (χ4v) is 3.73. The molecule has 27 heavy (non-hydrogen) atoms. The second-order valence-corrected chi connectivity index (χ2v) is 7.22. The first kappa shape index (κ1) is 19.2. The molecule has 1 saturated heterocycles.